The highest BCUT2D eigenvalue weighted by Gasteiger charge is 2.18. The summed E-state index contributed by atoms with van der Waals surface area (Å²) >= 11 is 5.63. The predicted molar refractivity (Wildman–Crippen MR) is 74.2 cm³/mol. The maximum absolute atomic E-state index is 11.9. The molecule has 1 heterocycles. The molecule has 1 aromatic heterocycles. The Balaban J connectivity index is 2.33. The van der Waals surface area contributed by atoms with E-state index in [1.807, 2.05) is 0 Å². The first kappa shape index (κ1) is 14.5. The van der Waals surface area contributed by atoms with E-state index >= 15 is 0 Å². The average Bonchev–Trinajstić information content (AvgIpc) is 2.86. The summed E-state index contributed by atoms with van der Waals surface area (Å²) in [6.45, 7) is 0. The number of nitrogens with one attached hydrogen (secondary N) is 3. The third kappa shape index (κ3) is 2.98. The minimum absolute atomic E-state index is 0.0301. The second-order valence-corrected chi connectivity index (χ2v) is 6.02. The number of aromatic nitrogens is 2. The number of aromatic amines is 1. The maximum Gasteiger partial charge on any atom is 0.276 e. The summed E-state index contributed by atoms with van der Waals surface area (Å²) in [4.78, 5) is 11.9. The van der Waals surface area contributed by atoms with Crippen molar-refractivity contribution in [2.45, 2.75) is 4.90 Å². The van der Waals surface area contributed by atoms with Gasteiger partial charge in [-0.2, -0.15) is 5.10 Å². The second-order valence-electron chi connectivity index (χ2n) is 3.76. The van der Waals surface area contributed by atoms with Crippen LogP contribution in [0.15, 0.2) is 35.2 Å². The van der Waals surface area contributed by atoms with Crippen molar-refractivity contribution in [1.29, 1.82) is 0 Å². The molecule has 1 aromatic carbocycles. The molecule has 0 aliphatic heterocycles. The van der Waals surface area contributed by atoms with Crippen LogP contribution in [0, 0.1) is 0 Å². The summed E-state index contributed by atoms with van der Waals surface area (Å²) in [5.74, 6) is -0.563. The lowest BCUT2D eigenvalue weighted by Gasteiger charge is -2.09. The number of H-pyrrole nitrogens is 1. The van der Waals surface area contributed by atoms with Crippen molar-refractivity contribution in [2.24, 2.45) is 0 Å². The van der Waals surface area contributed by atoms with Gasteiger partial charge in [0.1, 0.15) is 10.0 Å². The number of benzene rings is 1. The highest BCUT2D eigenvalue weighted by Crippen LogP contribution is 2.21. The molecule has 1 amide bonds. The number of sulfonamides is 1. The Labute approximate surface area is 120 Å². The lowest BCUT2D eigenvalue weighted by atomic mass is 10.3. The average molecular weight is 315 g/mol. The van der Waals surface area contributed by atoms with Gasteiger partial charge in [0, 0.05) is 6.07 Å². The molecule has 0 fully saturated rings. The maximum atomic E-state index is 11.9. The number of halogens is 1. The van der Waals surface area contributed by atoms with Gasteiger partial charge in [0.2, 0.25) is 10.0 Å². The van der Waals surface area contributed by atoms with Crippen LogP contribution < -0.4 is 10.0 Å². The number of amides is 1. The van der Waals surface area contributed by atoms with Crippen molar-refractivity contribution < 1.29 is 13.2 Å². The lowest BCUT2D eigenvalue weighted by Crippen LogP contribution is -2.21. The van der Waals surface area contributed by atoms with Gasteiger partial charge in [-0.25, -0.2) is 13.1 Å². The minimum Gasteiger partial charge on any atom is -0.319 e. The van der Waals surface area contributed by atoms with Crippen molar-refractivity contribution in [1.82, 2.24) is 14.9 Å². The van der Waals surface area contributed by atoms with E-state index in [2.05, 4.69) is 20.2 Å². The Morgan fingerprint density at radius 3 is 2.65 bits per heavy atom. The minimum atomic E-state index is -3.67. The van der Waals surface area contributed by atoms with Crippen molar-refractivity contribution in [2.75, 3.05) is 12.4 Å². The van der Waals surface area contributed by atoms with E-state index in [1.165, 1.54) is 25.2 Å². The number of carbonyl (C=O) groups is 1. The standard InChI is InChI=1S/C11H11ClN4O3S/c1-13-20(18,19)9-5-3-2-4-7(9)14-11(17)8-6-10(12)16-15-8/h2-6,13H,1H3,(H,14,17)(H,15,16). The molecular weight excluding hydrogens is 304 g/mol. The van der Waals surface area contributed by atoms with Gasteiger partial charge in [-0.3, -0.25) is 9.89 Å². The van der Waals surface area contributed by atoms with Crippen LogP contribution in [0.1, 0.15) is 10.5 Å². The Morgan fingerprint density at radius 2 is 2.05 bits per heavy atom. The third-order valence-electron chi connectivity index (χ3n) is 2.47. The Kier molecular flexibility index (Phi) is 4.07. The molecule has 7 nitrogen and oxygen atoms in total. The van der Waals surface area contributed by atoms with Gasteiger partial charge in [0.15, 0.2) is 5.69 Å². The molecule has 20 heavy (non-hydrogen) atoms. The number of rotatable bonds is 4. The molecule has 106 valence electrons. The first-order valence-corrected chi connectivity index (χ1v) is 7.35. The number of hydrogen-bond acceptors (Lipinski definition) is 4. The van der Waals surface area contributed by atoms with Gasteiger partial charge in [-0.15, -0.1) is 0 Å². The van der Waals surface area contributed by atoms with E-state index in [-0.39, 0.29) is 21.4 Å². The van der Waals surface area contributed by atoms with Crippen molar-refractivity contribution in [3.63, 3.8) is 0 Å². The summed E-state index contributed by atoms with van der Waals surface area (Å²) in [5, 5.41) is 8.80. The van der Waals surface area contributed by atoms with E-state index in [0.717, 1.165) is 0 Å². The molecule has 3 N–H and O–H groups in total. The lowest BCUT2D eigenvalue weighted by molar-refractivity contribution is 0.102. The van der Waals surface area contributed by atoms with E-state index < -0.39 is 15.9 Å². The van der Waals surface area contributed by atoms with Crippen LogP contribution in [0.2, 0.25) is 5.15 Å². The van der Waals surface area contributed by atoms with Crippen molar-refractivity contribution in [3.8, 4) is 0 Å². The van der Waals surface area contributed by atoms with Crippen LogP contribution in [0.4, 0.5) is 5.69 Å². The summed E-state index contributed by atoms with van der Waals surface area (Å²) in [6, 6.07) is 7.38. The van der Waals surface area contributed by atoms with E-state index in [0.29, 0.717) is 0 Å². The van der Waals surface area contributed by atoms with Crippen LogP contribution in [0.3, 0.4) is 0 Å². The summed E-state index contributed by atoms with van der Waals surface area (Å²) in [7, 11) is -2.38. The van der Waals surface area contributed by atoms with E-state index in [9.17, 15) is 13.2 Å². The molecule has 0 aliphatic rings. The Morgan fingerprint density at radius 1 is 1.35 bits per heavy atom. The van der Waals surface area contributed by atoms with Crippen LogP contribution >= 0.6 is 11.6 Å². The number of anilines is 1. The van der Waals surface area contributed by atoms with Crippen LogP contribution in [0.5, 0.6) is 0 Å². The molecular formula is C11H11ClN4O3S. The van der Waals surface area contributed by atoms with Crippen molar-refractivity contribution >= 4 is 33.2 Å². The monoisotopic (exact) mass is 314 g/mol. The van der Waals surface area contributed by atoms with Gasteiger partial charge >= 0.3 is 0 Å². The van der Waals surface area contributed by atoms with Gasteiger partial charge in [-0.1, -0.05) is 23.7 Å². The Bertz CT molecular complexity index is 742. The first-order valence-electron chi connectivity index (χ1n) is 5.49. The fourth-order valence-electron chi connectivity index (χ4n) is 1.52. The molecule has 9 heteroatoms. The fourth-order valence-corrected chi connectivity index (χ4v) is 2.55. The van der Waals surface area contributed by atoms with Crippen LogP contribution in [0.25, 0.3) is 0 Å². The number of nitrogens with zero attached hydrogens (tertiary/aromatic N) is 1. The summed E-state index contributed by atoms with van der Waals surface area (Å²) in [5.41, 5.74) is 0.220. The molecule has 0 saturated carbocycles. The topological polar surface area (TPSA) is 104 Å². The van der Waals surface area contributed by atoms with Crippen LogP contribution in [-0.2, 0) is 10.0 Å². The van der Waals surface area contributed by atoms with E-state index in [1.54, 1.807) is 12.1 Å². The smallest absolute Gasteiger partial charge is 0.276 e. The fraction of sp³-hybridized carbons (Fsp3) is 0.0909. The molecule has 0 bridgehead atoms. The van der Waals surface area contributed by atoms with E-state index in [4.69, 9.17) is 11.6 Å². The zero-order valence-electron chi connectivity index (χ0n) is 10.3. The van der Waals surface area contributed by atoms with Crippen molar-refractivity contribution in [3.05, 3.63) is 41.2 Å². The zero-order valence-corrected chi connectivity index (χ0v) is 11.9. The molecule has 0 radical (unpaired) electrons. The largest absolute Gasteiger partial charge is 0.319 e. The molecule has 0 saturated heterocycles. The number of hydrogen-bond donors (Lipinski definition) is 3. The summed E-state index contributed by atoms with van der Waals surface area (Å²) < 4.78 is 25.9. The summed E-state index contributed by atoms with van der Waals surface area (Å²) in [6.07, 6.45) is 0. The normalized spacial score (nSPS) is 11.3. The van der Waals surface area contributed by atoms with Gasteiger partial charge in [-0.05, 0) is 19.2 Å². The molecule has 0 atom stereocenters. The third-order valence-corrected chi connectivity index (χ3v) is 4.14. The quantitative estimate of drug-likeness (QED) is 0.789. The Hall–Kier alpha value is -1.90. The molecule has 0 aliphatic carbocycles. The van der Waals surface area contributed by atoms with Gasteiger partial charge in [0.25, 0.3) is 5.91 Å². The number of para-hydroxylation sites is 1. The highest BCUT2D eigenvalue weighted by molar-refractivity contribution is 7.89. The predicted octanol–water partition coefficient (Wildman–Crippen LogP) is 1.22. The number of carbonyl (C=O) groups excluding carboxylic acids is 1. The zero-order chi connectivity index (χ0) is 14.8. The first-order chi connectivity index (χ1) is 9.44. The van der Waals surface area contributed by atoms with Gasteiger partial charge in [0.05, 0.1) is 5.69 Å². The molecule has 0 unspecified atom stereocenters. The second kappa shape index (κ2) is 5.61. The SMILES string of the molecule is CNS(=O)(=O)c1ccccc1NC(=O)c1cc(Cl)[nH]n1. The molecule has 0 spiro atoms. The molecule has 2 aromatic rings. The van der Waals surface area contributed by atoms with Gasteiger partial charge < -0.3 is 5.32 Å². The molecule has 2 rings (SSSR count). The highest BCUT2D eigenvalue weighted by atomic mass is 35.5. The van der Waals surface area contributed by atoms with Crippen LogP contribution in [-0.4, -0.2) is 31.6 Å².